The molecule has 1 aromatic heterocycles. The lowest BCUT2D eigenvalue weighted by molar-refractivity contribution is 0.0952. The summed E-state index contributed by atoms with van der Waals surface area (Å²) in [5.74, 6) is 0.0132. The number of furan rings is 1. The van der Waals surface area contributed by atoms with E-state index >= 15 is 0 Å². The van der Waals surface area contributed by atoms with Crippen LogP contribution in [0.3, 0.4) is 0 Å². The molecule has 0 fully saturated rings. The van der Waals surface area contributed by atoms with Gasteiger partial charge in [0.15, 0.2) is 0 Å². The lowest BCUT2D eigenvalue weighted by Gasteiger charge is -2.06. The number of aromatic hydroxyl groups is 1. The van der Waals surface area contributed by atoms with Gasteiger partial charge in [0.2, 0.25) is 0 Å². The average Bonchev–Trinajstić information content (AvgIpc) is 3.06. The molecule has 110 valence electrons. The summed E-state index contributed by atoms with van der Waals surface area (Å²) in [7, 11) is 0. The maximum atomic E-state index is 12.2. The Morgan fingerprint density at radius 2 is 1.86 bits per heavy atom. The third-order valence-corrected chi connectivity index (χ3v) is 3.31. The first kappa shape index (κ1) is 13.9. The molecule has 0 aliphatic carbocycles. The summed E-state index contributed by atoms with van der Waals surface area (Å²) in [6.07, 6.45) is 1.53. The molecule has 5 heteroatoms. The van der Waals surface area contributed by atoms with Crippen molar-refractivity contribution >= 4 is 22.4 Å². The van der Waals surface area contributed by atoms with Gasteiger partial charge in [0, 0.05) is 0 Å². The minimum atomic E-state index is -0.478. The molecule has 0 atom stereocenters. The molecule has 0 spiro atoms. The fourth-order valence-corrected chi connectivity index (χ4v) is 2.14. The van der Waals surface area contributed by atoms with Crippen molar-refractivity contribution in [1.82, 2.24) is 5.43 Å². The van der Waals surface area contributed by atoms with E-state index in [1.165, 1.54) is 6.26 Å². The Hall–Kier alpha value is -3.08. The second-order valence-corrected chi connectivity index (χ2v) is 4.83. The maximum absolute atomic E-state index is 12.2. The van der Waals surface area contributed by atoms with Crippen LogP contribution >= 0.6 is 0 Å². The van der Waals surface area contributed by atoms with Crippen LogP contribution in [0.15, 0.2) is 64.3 Å². The standard InChI is InChI=1S/C17H14N2O3/c1-11(16-7-4-8-22-16)18-19-17(21)14-9-12-5-2-3-6-13(12)10-15(14)20/h2-10,20H,1H3,(H,19,21)/b18-11+. The van der Waals surface area contributed by atoms with E-state index in [4.69, 9.17) is 4.42 Å². The van der Waals surface area contributed by atoms with Crippen LogP contribution in [0.1, 0.15) is 23.0 Å². The maximum Gasteiger partial charge on any atom is 0.275 e. The Labute approximate surface area is 126 Å². The molecule has 0 bridgehead atoms. The minimum Gasteiger partial charge on any atom is -0.507 e. The first-order valence-corrected chi connectivity index (χ1v) is 6.75. The van der Waals surface area contributed by atoms with Gasteiger partial charge in [0.1, 0.15) is 17.2 Å². The summed E-state index contributed by atoms with van der Waals surface area (Å²) in [4.78, 5) is 12.2. The summed E-state index contributed by atoms with van der Waals surface area (Å²) >= 11 is 0. The molecule has 0 radical (unpaired) electrons. The molecule has 2 N–H and O–H groups in total. The molecular formula is C17H14N2O3. The molecule has 0 saturated carbocycles. The number of carbonyl (C=O) groups excluding carboxylic acids is 1. The van der Waals surface area contributed by atoms with E-state index in [2.05, 4.69) is 10.5 Å². The summed E-state index contributed by atoms with van der Waals surface area (Å²) in [5, 5.41) is 15.7. The van der Waals surface area contributed by atoms with Crippen molar-refractivity contribution in [3.63, 3.8) is 0 Å². The summed E-state index contributed by atoms with van der Waals surface area (Å²) in [6.45, 7) is 1.72. The second-order valence-electron chi connectivity index (χ2n) is 4.83. The number of carbonyl (C=O) groups is 1. The Morgan fingerprint density at radius 3 is 2.55 bits per heavy atom. The van der Waals surface area contributed by atoms with Crippen molar-refractivity contribution in [3.8, 4) is 5.75 Å². The van der Waals surface area contributed by atoms with E-state index in [1.54, 1.807) is 31.2 Å². The number of nitrogens with one attached hydrogen (secondary N) is 1. The topological polar surface area (TPSA) is 74.8 Å². The molecule has 0 aliphatic rings. The molecule has 3 rings (SSSR count). The lowest BCUT2D eigenvalue weighted by atomic mass is 10.1. The number of phenols is 1. The van der Waals surface area contributed by atoms with Gasteiger partial charge in [-0.3, -0.25) is 4.79 Å². The fraction of sp³-hybridized carbons (Fsp3) is 0.0588. The van der Waals surface area contributed by atoms with Crippen LogP contribution < -0.4 is 5.43 Å². The summed E-state index contributed by atoms with van der Waals surface area (Å²) < 4.78 is 5.18. The van der Waals surface area contributed by atoms with Gasteiger partial charge >= 0.3 is 0 Å². The highest BCUT2D eigenvalue weighted by Crippen LogP contribution is 2.24. The highest BCUT2D eigenvalue weighted by Gasteiger charge is 2.12. The van der Waals surface area contributed by atoms with E-state index < -0.39 is 5.91 Å². The molecule has 3 aromatic rings. The monoisotopic (exact) mass is 294 g/mol. The second kappa shape index (κ2) is 5.73. The van der Waals surface area contributed by atoms with Crippen molar-refractivity contribution < 1.29 is 14.3 Å². The van der Waals surface area contributed by atoms with Crippen LogP contribution in [-0.4, -0.2) is 16.7 Å². The van der Waals surface area contributed by atoms with Gasteiger partial charge in [-0.25, -0.2) is 5.43 Å². The Balaban J connectivity index is 1.86. The minimum absolute atomic E-state index is 0.0814. The Morgan fingerprint density at radius 1 is 1.14 bits per heavy atom. The first-order valence-electron chi connectivity index (χ1n) is 6.75. The zero-order valence-electron chi connectivity index (χ0n) is 11.9. The number of hydrogen-bond acceptors (Lipinski definition) is 4. The molecular weight excluding hydrogens is 280 g/mol. The number of phenolic OH excluding ortho intramolecular Hbond substituents is 1. The smallest absolute Gasteiger partial charge is 0.275 e. The number of nitrogens with zero attached hydrogens (tertiary/aromatic N) is 1. The molecule has 1 heterocycles. The number of benzene rings is 2. The zero-order chi connectivity index (χ0) is 15.5. The number of hydrazone groups is 1. The first-order chi connectivity index (χ1) is 10.6. The van der Waals surface area contributed by atoms with Crippen LogP contribution in [0.5, 0.6) is 5.75 Å². The largest absolute Gasteiger partial charge is 0.507 e. The van der Waals surface area contributed by atoms with Gasteiger partial charge in [0.25, 0.3) is 5.91 Å². The Kier molecular flexibility index (Phi) is 3.62. The van der Waals surface area contributed by atoms with E-state index in [1.807, 2.05) is 24.3 Å². The highest BCUT2D eigenvalue weighted by atomic mass is 16.3. The molecule has 0 aliphatic heterocycles. The number of amides is 1. The van der Waals surface area contributed by atoms with Crippen LogP contribution in [0, 0.1) is 0 Å². The number of hydrogen-bond donors (Lipinski definition) is 2. The van der Waals surface area contributed by atoms with Gasteiger partial charge in [-0.15, -0.1) is 0 Å². The van der Waals surface area contributed by atoms with E-state index in [9.17, 15) is 9.90 Å². The van der Waals surface area contributed by atoms with Crippen LogP contribution in [0.2, 0.25) is 0 Å². The van der Waals surface area contributed by atoms with E-state index in [0.717, 1.165) is 10.8 Å². The van der Waals surface area contributed by atoms with Crippen LogP contribution in [0.25, 0.3) is 10.8 Å². The van der Waals surface area contributed by atoms with E-state index in [0.29, 0.717) is 11.5 Å². The molecule has 0 saturated heterocycles. The Bertz CT molecular complexity index is 851. The SMILES string of the molecule is C/C(=N\NC(=O)c1cc2ccccc2cc1O)c1ccco1. The lowest BCUT2D eigenvalue weighted by Crippen LogP contribution is -2.19. The third-order valence-electron chi connectivity index (χ3n) is 3.31. The predicted molar refractivity (Wildman–Crippen MR) is 84.0 cm³/mol. The van der Waals surface area contributed by atoms with Gasteiger partial charge in [-0.1, -0.05) is 24.3 Å². The normalized spacial score (nSPS) is 11.6. The van der Waals surface area contributed by atoms with Crippen molar-refractivity contribution in [3.05, 3.63) is 66.1 Å². The average molecular weight is 294 g/mol. The van der Waals surface area contributed by atoms with Gasteiger partial charge in [-0.2, -0.15) is 5.10 Å². The zero-order valence-corrected chi connectivity index (χ0v) is 11.9. The third kappa shape index (κ3) is 2.69. The molecule has 5 nitrogen and oxygen atoms in total. The summed E-state index contributed by atoms with van der Waals surface area (Å²) in [5.41, 5.74) is 3.14. The van der Waals surface area contributed by atoms with Crippen molar-refractivity contribution in [1.29, 1.82) is 0 Å². The van der Waals surface area contributed by atoms with Gasteiger partial charge in [-0.05, 0) is 42.0 Å². The number of fused-ring (bicyclic) bond motifs is 1. The molecule has 1 amide bonds. The highest BCUT2D eigenvalue weighted by molar-refractivity contribution is 6.03. The van der Waals surface area contributed by atoms with Gasteiger partial charge in [0.05, 0.1) is 11.8 Å². The summed E-state index contributed by atoms with van der Waals surface area (Å²) in [6, 6.07) is 14.2. The van der Waals surface area contributed by atoms with E-state index in [-0.39, 0.29) is 11.3 Å². The van der Waals surface area contributed by atoms with Crippen molar-refractivity contribution in [2.24, 2.45) is 5.10 Å². The molecule has 2 aromatic carbocycles. The van der Waals surface area contributed by atoms with Crippen molar-refractivity contribution in [2.45, 2.75) is 6.92 Å². The van der Waals surface area contributed by atoms with Gasteiger partial charge < -0.3 is 9.52 Å². The number of rotatable bonds is 3. The fourth-order valence-electron chi connectivity index (χ4n) is 2.14. The molecule has 22 heavy (non-hydrogen) atoms. The van der Waals surface area contributed by atoms with Crippen LogP contribution in [-0.2, 0) is 0 Å². The van der Waals surface area contributed by atoms with Crippen molar-refractivity contribution in [2.75, 3.05) is 0 Å². The van der Waals surface area contributed by atoms with Crippen LogP contribution in [0.4, 0.5) is 0 Å². The molecule has 0 unspecified atom stereocenters. The quantitative estimate of drug-likeness (QED) is 0.575. The predicted octanol–water partition coefficient (Wildman–Crippen LogP) is 3.29.